The van der Waals surface area contributed by atoms with Crippen molar-refractivity contribution in [3.05, 3.63) is 29.3 Å². The van der Waals surface area contributed by atoms with Crippen LogP contribution in [0.25, 0.3) is 0 Å². The van der Waals surface area contributed by atoms with Crippen LogP contribution in [-0.4, -0.2) is 48.9 Å². The van der Waals surface area contributed by atoms with Crippen LogP contribution >= 0.6 is 0 Å². The molecule has 1 aliphatic carbocycles. The fourth-order valence-electron chi connectivity index (χ4n) is 3.99. The molecule has 1 saturated carbocycles. The standard InChI is InChI=1S/C19H25N3O4/c1-11-4-3-5-15(26-2)16(11)18(24)21-10-14-13(12-6-7-12)8-9-22(14)19(25)17(20)23/h3-5,12-14H,6-10H2,1-2H3,(H2,20,23)(H,21,24). The number of nitrogens with one attached hydrogen (secondary N) is 1. The summed E-state index contributed by atoms with van der Waals surface area (Å²) < 4.78 is 5.29. The lowest BCUT2D eigenvalue weighted by Gasteiger charge is -2.28. The molecular weight excluding hydrogens is 334 g/mol. The number of amides is 3. The van der Waals surface area contributed by atoms with Crippen LogP contribution in [0.2, 0.25) is 0 Å². The van der Waals surface area contributed by atoms with Crippen molar-refractivity contribution in [2.24, 2.45) is 17.6 Å². The van der Waals surface area contributed by atoms with Crippen molar-refractivity contribution in [1.82, 2.24) is 10.2 Å². The molecule has 0 bridgehead atoms. The number of carbonyl (C=O) groups excluding carboxylic acids is 3. The van der Waals surface area contributed by atoms with Gasteiger partial charge < -0.3 is 20.7 Å². The second-order valence-corrected chi connectivity index (χ2v) is 7.08. The zero-order valence-electron chi connectivity index (χ0n) is 15.2. The van der Waals surface area contributed by atoms with Gasteiger partial charge in [0.05, 0.1) is 18.7 Å². The van der Waals surface area contributed by atoms with Crippen LogP contribution in [0.5, 0.6) is 5.75 Å². The zero-order chi connectivity index (χ0) is 18.8. The Hall–Kier alpha value is -2.57. The first kappa shape index (κ1) is 18.2. The number of hydrogen-bond donors (Lipinski definition) is 2. The first-order chi connectivity index (χ1) is 12.4. The van der Waals surface area contributed by atoms with E-state index in [1.165, 1.54) is 12.0 Å². The maximum Gasteiger partial charge on any atom is 0.311 e. The molecule has 2 atom stereocenters. The number of aryl methyl sites for hydroxylation is 1. The first-order valence-corrected chi connectivity index (χ1v) is 8.96. The Morgan fingerprint density at radius 2 is 2.00 bits per heavy atom. The maximum atomic E-state index is 12.7. The van der Waals surface area contributed by atoms with E-state index in [1.54, 1.807) is 6.07 Å². The number of carbonyl (C=O) groups is 3. The van der Waals surface area contributed by atoms with Gasteiger partial charge in [0.25, 0.3) is 5.91 Å². The van der Waals surface area contributed by atoms with Gasteiger partial charge in [0, 0.05) is 13.1 Å². The zero-order valence-corrected chi connectivity index (χ0v) is 15.2. The van der Waals surface area contributed by atoms with Crippen molar-refractivity contribution in [2.45, 2.75) is 32.2 Å². The van der Waals surface area contributed by atoms with E-state index in [-0.39, 0.29) is 11.9 Å². The van der Waals surface area contributed by atoms with E-state index in [4.69, 9.17) is 10.5 Å². The number of methoxy groups -OCH3 is 1. The smallest absolute Gasteiger partial charge is 0.311 e. The average Bonchev–Trinajstić information content (AvgIpc) is 3.38. The third kappa shape index (κ3) is 3.52. The Morgan fingerprint density at radius 1 is 1.27 bits per heavy atom. The van der Waals surface area contributed by atoms with Gasteiger partial charge in [-0.25, -0.2) is 0 Å². The number of benzene rings is 1. The largest absolute Gasteiger partial charge is 0.496 e. The molecule has 1 aromatic rings. The molecule has 2 unspecified atom stereocenters. The molecule has 3 N–H and O–H groups in total. The second-order valence-electron chi connectivity index (χ2n) is 7.08. The van der Waals surface area contributed by atoms with Crippen LogP contribution in [0.3, 0.4) is 0 Å². The van der Waals surface area contributed by atoms with E-state index < -0.39 is 11.8 Å². The molecule has 1 saturated heterocycles. The van der Waals surface area contributed by atoms with Gasteiger partial charge in [-0.05, 0) is 49.7 Å². The lowest BCUT2D eigenvalue weighted by molar-refractivity contribution is -0.144. The highest BCUT2D eigenvalue weighted by Gasteiger charge is 2.45. The summed E-state index contributed by atoms with van der Waals surface area (Å²) in [5.41, 5.74) is 6.49. The van der Waals surface area contributed by atoms with Crippen molar-refractivity contribution in [3.8, 4) is 5.75 Å². The predicted octanol–water partition coefficient (Wildman–Crippen LogP) is 0.846. The Morgan fingerprint density at radius 3 is 2.62 bits per heavy atom. The number of hydrogen-bond acceptors (Lipinski definition) is 4. The SMILES string of the molecule is COc1cccc(C)c1C(=O)NCC1C(C2CC2)CCN1C(=O)C(N)=O. The van der Waals surface area contributed by atoms with Crippen LogP contribution in [0, 0.1) is 18.8 Å². The Bertz CT molecular complexity index is 729. The third-order valence-corrected chi connectivity index (χ3v) is 5.45. The van der Waals surface area contributed by atoms with Crippen LogP contribution in [-0.2, 0) is 9.59 Å². The molecule has 2 aliphatic rings. The molecule has 3 rings (SSSR count). The highest BCUT2D eigenvalue weighted by Crippen LogP contribution is 2.44. The minimum atomic E-state index is -0.946. The third-order valence-electron chi connectivity index (χ3n) is 5.45. The van der Waals surface area contributed by atoms with Crippen molar-refractivity contribution < 1.29 is 19.1 Å². The Kier molecular flexibility index (Phi) is 5.15. The lowest BCUT2D eigenvalue weighted by Crippen LogP contribution is -2.49. The van der Waals surface area contributed by atoms with Crippen molar-refractivity contribution in [3.63, 3.8) is 0 Å². The predicted molar refractivity (Wildman–Crippen MR) is 95.6 cm³/mol. The molecule has 0 radical (unpaired) electrons. The lowest BCUT2D eigenvalue weighted by atomic mass is 9.94. The molecule has 7 heteroatoms. The molecule has 1 aromatic carbocycles. The molecule has 140 valence electrons. The minimum Gasteiger partial charge on any atom is -0.496 e. The summed E-state index contributed by atoms with van der Waals surface area (Å²) in [6.07, 6.45) is 3.12. The van der Waals surface area contributed by atoms with Crippen molar-refractivity contribution >= 4 is 17.7 Å². The quantitative estimate of drug-likeness (QED) is 0.761. The van der Waals surface area contributed by atoms with E-state index in [9.17, 15) is 14.4 Å². The molecule has 26 heavy (non-hydrogen) atoms. The van der Waals surface area contributed by atoms with Crippen molar-refractivity contribution in [2.75, 3.05) is 20.2 Å². The van der Waals surface area contributed by atoms with E-state index in [1.807, 2.05) is 19.1 Å². The molecule has 0 spiro atoms. The van der Waals surface area contributed by atoms with Gasteiger partial charge in [-0.15, -0.1) is 0 Å². The van der Waals surface area contributed by atoms with Gasteiger partial charge in [0.15, 0.2) is 0 Å². The number of nitrogens with two attached hydrogens (primary N) is 1. The first-order valence-electron chi connectivity index (χ1n) is 8.96. The van der Waals surface area contributed by atoms with Gasteiger partial charge in [0.2, 0.25) is 0 Å². The molecule has 0 aromatic heterocycles. The molecule has 2 fully saturated rings. The fourth-order valence-corrected chi connectivity index (χ4v) is 3.99. The molecule has 1 aliphatic heterocycles. The Labute approximate surface area is 152 Å². The van der Waals surface area contributed by atoms with Gasteiger partial charge in [-0.2, -0.15) is 0 Å². The summed E-state index contributed by atoms with van der Waals surface area (Å²) in [6.45, 7) is 2.66. The molecule has 1 heterocycles. The van der Waals surface area contributed by atoms with E-state index in [2.05, 4.69) is 5.32 Å². The monoisotopic (exact) mass is 359 g/mol. The summed E-state index contributed by atoms with van der Waals surface area (Å²) in [4.78, 5) is 37.7. The highest BCUT2D eigenvalue weighted by atomic mass is 16.5. The second kappa shape index (κ2) is 7.35. The number of nitrogens with zero attached hydrogens (tertiary/aromatic N) is 1. The summed E-state index contributed by atoms with van der Waals surface area (Å²) >= 11 is 0. The van der Waals surface area contributed by atoms with E-state index >= 15 is 0 Å². The number of likely N-dealkylation sites (tertiary alicyclic amines) is 1. The van der Waals surface area contributed by atoms with Gasteiger partial charge in [0.1, 0.15) is 5.75 Å². The fraction of sp³-hybridized carbons (Fsp3) is 0.526. The molecule has 3 amide bonds. The summed E-state index contributed by atoms with van der Waals surface area (Å²) in [7, 11) is 1.53. The highest BCUT2D eigenvalue weighted by molar-refractivity contribution is 6.34. The van der Waals surface area contributed by atoms with Crippen LogP contribution in [0.15, 0.2) is 18.2 Å². The average molecular weight is 359 g/mol. The molecular formula is C19H25N3O4. The summed E-state index contributed by atoms with van der Waals surface area (Å²) in [5, 5.41) is 2.93. The van der Waals surface area contributed by atoms with Gasteiger partial charge in [-0.1, -0.05) is 12.1 Å². The van der Waals surface area contributed by atoms with Crippen LogP contribution in [0.1, 0.15) is 35.2 Å². The minimum absolute atomic E-state index is 0.193. The number of primary amides is 1. The summed E-state index contributed by atoms with van der Waals surface area (Å²) in [6, 6.07) is 5.23. The topological polar surface area (TPSA) is 102 Å². The number of rotatable bonds is 5. The van der Waals surface area contributed by atoms with Crippen LogP contribution in [0.4, 0.5) is 0 Å². The summed E-state index contributed by atoms with van der Waals surface area (Å²) in [5.74, 6) is -0.474. The van der Waals surface area contributed by atoms with Gasteiger partial charge >= 0.3 is 11.8 Å². The van der Waals surface area contributed by atoms with E-state index in [0.29, 0.717) is 36.2 Å². The maximum absolute atomic E-state index is 12.7. The normalized spacial score (nSPS) is 22.2. The van der Waals surface area contributed by atoms with E-state index in [0.717, 1.165) is 24.8 Å². The van der Waals surface area contributed by atoms with Gasteiger partial charge in [-0.3, -0.25) is 14.4 Å². The number of ether oxygens (including phenoxy) is 1. The Balaban J connectivity index is 1.74. The molecule has 7 nitrogen and oxygen atoms in total. The van der Waals surface area contributed by atoms with Crippen molar-refractivity contribution in [1.29, 1.82) is 0 Å². The van der Waals surface area contributed by atoms with Crippen LogP contribution < -0.4 is 15.8 Å².